The van der Waals surface area contributed by atoms with Crippen molar-refractivity contribution in [1.29, 1.82) is 0 Å². The van der Waals surface area contributed by atoms with Crippen LogP contribution < -0.4 is 5.32 Å². The number of aliphatic hydroxyl groups is 1. The van der Waals surface area contributed by atoms with Crippen LogP contribution in [0.15, 0.2) is 18.2 Å². The standard InChI is InChI=1S/C15H23Cl2NO/c1-4-11(5-2)10(3)18-9-15(19)13-8-12(16)6-7-14(13)17/h6-8,10-11,15,18-19H,4-5,9H2,1-3H3. The summed E-state index contributed by atoms with van der Waals surface area (Å²) in [5.41, 5.74) is 0.679. The number of benzene rings is 1. The Morgan fingerprint density at radius 2 is 1.84 bits per heavy atom. The Bertz CT molecular complexity index is 394. The van der Waals surface area contributed by atoms with Crippen molar-refractivity contribution in [3.05, 3.63) is 33.8 Å². The number of rotatable bonds is 7. The van der Waals surface area contributed by atoms with Gasteiger partial charge in [0.1, 0.15) is 0 Å². The van der Waals surface area contributed by atoms with E-state index in [1.807, 2.05) is 0 Å². The Hall–Kier alpha value is -0.280. The fraction of sp³-hybridized carbons (Fsp3) is 0.600. The first-order valence-corrected chi connectivity index (χ1v) is 7.61. The summed E-state index contributed by atoms with van der Waals surface area (Å²) in [7, 11) is 0. The summed E-state index contributed by atoms with van der Waals surface area (Å²) in [5.74, 6) is 0.627. The van der Waals surface area contributed by atoms with E-state index in [-0.39, 0.29) is 0 Å². The predicted molar refractivity (Wildman–Crippen MR) is 83.0 cm³/mol. The van der Waals surface area contributed by atoms with Crippen molar-refractivity contribution in [3.63, 3.8) is 0 Å². The zero-order valence-corrected chi connectivity index (χ0v) is 13.3. The summed E-state index contributed by atoms with van der Waals surface area (Å²) < 4.78 is 0. The van der Waals surface area contributed by atoms with Gasteiger partial charge in [0, 0.05) is 28.2 Å². The van der Waals surface area contributed by atoms with Gasteiger partial charge < -0.3 is 10.4 Å². The first-order chi connectivity index (χ1) is 8.99. The highest BCUT2D eigenvalue weighted by Gasteiger charge is 2.16. The van der Waals surface area contributed by atoms with Gasteiger partial charge in [0.2, 0.25) is 0 Å². The first kappa shape index (κ1) is 16.8. The molecule has 1 aromatic rings. The number of halogens is 2. The normalized spacial score (nSPS) is 14.7. The van der Waals surface area contributed by atoms with Crippen molar-refractivity contribution < 1.29 is 5.11 Å². The van der Waals surface area contributed by atoms with E-state index in [0.29, 0.717) is 34.1 Å². The lowest BCUT2D eigenvalue weighted by atomic mass is 9.95. The van der Waals surface area contributed by atoms with Gasteiger partial charge in [-0.3, -0.25) is 0 Å². The van der Waals surface area contributed by atoms with Crippen molar-refractivity contribution in [2.24, 2.45) is 5.92 Å². The molecule has 0 amide bonds. The van der Waals surface area contributed by atoms with Gasteiger partial charge in [0.05, 0.1) is 6.10 Å². The van der Waals surface area contributed by atoms with Crippen molar-refractivity contribution >= 4 is 23.2 Å². The monoisotopic (exact) mass is 303 g/mol. The minimum atomic E-state index is -0.636. The maximum atomic E-state index is 10.2. The van der Waals surface area contributed by atoms with E-state index in [4.69, 9.17) is 23.2 Å². The number of nitrogens with one attached hydrogen (secondary N) is 1. The van der Waals surface area contributed by atoms with Crippen LogP contribution in [0.5, 0.6) is 0 Å². The molecule has 2 nitrogen and oxygen atoms in total. The number of hydrogen-bond acceptors (Lipinski definition) is 2. The highest BCUT2D eigenvalue weighted by atomic mass is 35.5. The number of aliphatic hydroxyl groups excluding tert-OH is 1. The summed E-state index contributed by atoms with van der Waals surface area (Å²) >= 11 is 12.0. The zero-order valence-electron chi connectivity index (χ0n) is 11.8. The first-order valence-electron chi connectivity index (χ1n) is 6.85. The maximum absolute atomic E-state index is 10.2. The minimum Gasteiger partial charge on any atom is -0.387 e. The lowest BCUT2D eigenvalue weighted by Crippen LogP contribution is -2.36. The molecule has 2 N–H and O–H groups in total. The van der Waals surface area contributed by atoms with E-state index in [1.165, 1.54) is 0 Å². The molecule has 0 radical (unpaired) electrons. The molecule has 1 aromatic carbocycles. The van der Waals surface area contributed by atoms with Crippen molar-refractivity contribution in [1.82, 2.24) is 5.32 Å². The van der Waals surface area contributed by atoms with Crippen LogP contribution in [0.4, 0.5) is 0 Å². The Kier molecular flexibility index (Phi) is 7.16. The van der Waals surface area contributed by atoms with Crippen molar-refractivity contribution in [2.75, 3.05) is 6.54 Å². The molecule has 0 saturated heterocycles. The molecule has 19 heavy (non-hydrogen) atoms. The molecule has 0 fully saturated rings. The van der Waals surface area contributed by atoms with Gasteiger partial charge in [-0.25, -0.2) is 0 Å². The largest absolute Gasteiger partial charge is 0.387 e. The van der Waals surface area contributed by atoms with Crippen LogP contribution in [0, 0.1) is 5.92 Å². The molecular weight excluding hydrogens is 281 g/mol. The molecule has 0 saturated carbocycles. The van der Waals surface area contributed by atoms with Crippen LogP contribution in [-0.2, 0) is 0 Å². The smallest absolute Gasteiger partial charge is 0.0929 e. The molecule has 0 bridgehead atoms. The van der Waals surface area contributed by atoms with E-state index in [0.717, 1.165) is 12.8 Å². The molecule has 0 aromatic heterocycles. The van der Waals surface area contributed by atoms with Gasteiger partial charge in [-0.15, -0.1) is 0 Å². The topological polar surface area (TPSA) is 32.3 Å². The van der Waals surface area contributed by atoms with Gasteiger partial charge in [-0.2, -0.15) is 0 Å². The molecule has 0 aliphatic rings. The molecule has 0 spiro atoms. The lowest BCUT2D eigenvalue weighted by Gasteiger charge is -2.24. The van der Waals surface area contributed by atoms with Crippen LogP contribution >= 0.6 is 23.2 Å². The van der Waals surface area contributed by atoms with Crippen molar-refractivity contribution in [3.8, 4) is 0 Å². The lowest BCUT2D eigenvalue weighted by molar-refractivity contribution is 0.164. The third-order valence-electron chi connectivity index (χ3n) is 3.71. The Labute approximate surface area is 126 Å². The van der Waals surface area contributed by atoms with E-state index in [9.17, 15) is 5.11 Å². The average molecular weight is 304 g/mol. The summed E-state index contributed by atoms with van der Waals surface area (Å²) in [4.78, 5) is 0. The molecular formula is C15H23Cl2NO. The molecule has 2 unspecified atom stereocenters. The highest BCUT2D eigenvalue weighted by Crippen LogP contribution is 2.26. The number of hydrogen-bond donors (Lipinski definition) is 2. The van der Waals surface area contributed by atoms with Gasteiger partial charge >= 0.3 is 0 Å². The summed E-state index contributed by atoms with van der Waals surface area (Å²) in [6.07, 6.45) is 1.64. The van der Waals surface area contributed by atoms with Gasteiger partial charge in [0.25, 0.3) is 0 Å². The van der Waals surface area contributed by atoms with Crippen LogP contribution in [0.3, 0.4) is 0 Å². The highest BCUT2D eigenvalue weighted by molar-refractivity contribution is 6.33. The molecule has 2 atom stereocenters. The Balaban J connectivity index is 2.60. The third-order valence-corrected chi connectivity index (χ3v) is 4.29. The van der Waals surface area contributed by atoms with Gasteiger partial charge in [0.15, 0.2) is 0 Å². The molecule has 0 aliphatic carbocycles. The van der Waals surface area contributed by atoms with Gasteiger partial charge in [-0.1, -0.05) is 49.9 Å². The van der Waals surface area contributed by atoms with E-state index in [1.54, 1.807) is 18.2 Å². The molecule has 4 heteroatoms. The fourth-order valence-electron chi connectivity index (χ4n) is 2.34. The van der Waals surface area contributed by atoms with Crippen LogP contribution in [0.2, 0.25) is 10.0 Å². The second kappa shape index (κ2) is 8.11. The van der Waals surface area contributed by atoms with E-state index >= 15 is 0 Å². The van der Waals surface area contributed by atoms with Crippen LogP contribution in [-0.4, -0.2) is 17.7 Å². The molecule has 0 aliphatic heterocycles. The summed E-state index contributed by atoms with van der Waals surface area (Å²) in [6, 6.07) is 5.54. The average Bonchev–Trinajstić information content (AvgIpc) is 2.40. The second-order valence-corrected chi connectivity index (χ2v) is 5.80. The quantitative estimate of drug-likeness (QED) is 0.780. The SMILES string of the molecule is CCC(CC)C(C)NCC(O)c1cc(Cl)ccc1Cl. The van der Waals surface area contributed by atoms with Crippen molar-refractivity contribution in [2.45, 2.75) is 45.8 Å². The van der Waals surface area contributed by atoms with Crippen LogP contribution in [0.25, 0.3) is 0 Å². The van der Waals surface area contributed by atoms with E-state index < -0.39 is 6.10 Å². The Morgan fingerprint density at radius 3 is 2.42 bits per heavy atom. The van der Waals surface area contributed by atoms with E-state index in [2.05, 4.69) is 26.1 Å². The Morgan fingerprint density at radius 1 is 1.21 bits per heavy atom. The van der Waals surface area contributed by atoms with Crippen LogP contribution in [0.1, 0.15) is 45.3 Å². The third kappa shape index (κ3) is 4.96. The summed E-state index contributed by atoms with van der Waals surface area (Å²) in [5, 5.41) is 14.7. The predicted octanol–water partition coefficient (Wildman–Crippen LogP) is 4.44. The zero-order chi connectivity index (χ0) is 14.4. The minimum absolute atomic E-state index is 0.377. The maximum Gasteiger partial charge on any atom is 0.0929 e. The summed E-state index contributed by atoms with van der Waals surface area (Å²) in [6.45, 7) is 7.02. The van der Waals surface area contributed by atoms with Gasteiger partial charge in [-0.05, 0) is 31.0 Å². The fourth-order valence-corrected chi connectivity index (χ4v) is 2.76. The molecule has 108 valence electrons. The molecule has 1 rings (SSSR count). The molecule has 0 heterocycles. The second-order valence-electron chi connectivity index (χ2n) is 4.96.